The van der Waals surface area contributed by atoms with E-state index < -0.39 is 5.97 Å². The number of aromatic hydroxyl groups is 1. The number of carboxylic acid groups (broad SMARTS) is 1. The average Bonchev–Trinajstić information content (AvgIpc) is 2.44. The van der Waals surface area contributed by atoms with E-state index in [1.54, 1.807) is 6.07 Å². The minimum atomic E-state index is -1.12. The molecule has 14 heavy (non-hydrogen) atoms. The van der Waals surface area contributed by atoms with E-state index in [1.807, 2.05) is 0 Å². The Morgan fingerprint density at radius 3 is 2.79 bits per heavy atom. The summed E-state index contributed by atoms with van der Waals surface area (Å²) >= 11 is 5.80. The number of carboxylic acids is 1. The Morgan fingerprint density at radius 2 is 2.14 bits per heavy atom. The van der Waals surface area contributed by atoms with Gasteiger partial charge in [0.25, 0.3) is 0 Å². The van der Waals surface area contributed by atoms with Crippen molar-refractivity contribution in [1.82, 2.24) is 4.98 Å². The molecule has 2 aromatic rings. The summed E-state index contributed by atoms with van der Waals surface area (Å²) in [6.07, 6.45) is 0. The molecule has 0 fully saturated rings. The van der Waals surface area contributed by atoms with Gasteiger partial charge < -0.3 is 15.2 Å². The number of fused-ring (bicyclic) bond motifs is 1. The summed E-state index contributed by atoms with van der Waals surface area (Å²) in [5.74, 6) is -1.07. The molecule has 0 saturated heterocycles. The van der Waals surface area contributed by atoms with Crippen LogP contribution in [0.2, 0.25) is 5.02 Å². The number of hydrogen-bond acceptors (Lipinski definition) is 2. The number of phenolic OH excluding ortho intramolecular Hbond substituents is 1. The first kappa shape index (κ1) is 8.90. The minimum absolute atomic E-state index is 0.0512. The van der Waals surface area contributed by atoms with Crippen LogP contribution in [0.15, 0.2) is 18.2 Å². The monoisotopic (exact) mass is 211 g/mol. The SMILES string of the molecule is O=C(O)c1[nH]c2ccc(O)cc2c1Cl. The van der Waals surface area contributed by atoms with Gasteiger partial charge in [-0.2, -0.15) is 0 Å². The maximum atomic E-state index is 10.7. The maximum absolute atomic E-state index is 10.7. The predicted octanol–water partition coefficient (Wildman–Crippen LogP) is 2.23. The first-order valence-electron chi connectivity index (χ1n) is 3.83. The van der Waals surface area contributed by atoms with E-state index in [2.05, 4.69) is 4.98 Å². The van der Waals surface area contributed by atoms with Crippen LogP contribution in [0, 0.1) is 0 Å². The quantitative estimate of drug-likeness (QED) is 0.677. The molecule has 0 saturated carbocycles. The van der Waals surface area contributed by atoms with Gasteiger partial charge in [-0.15, -0.1) is 0 Å². The average molecular weight is 212 g/mol. The molecule has 1 aromatic carbocycles. The predicted molar refractivity (Wildman–Crippen MR) is 51.9 cm³/mol. The van der Waals surface area contributed by atoms with E-state index >= 15 is 0 Å². The molecule has 0 aliphatic heterocycles. The van der Waals surface area contributed by atoms with Gasteiger partial charge in [-0.05, 0) is 18.2 Å². The van der Waals surface area contributed by atoms with E-state index in [-0.39, 0.29) is 16.5 Å². The molecule has 5 heteroatoms. The maximum Gasteiger partial charge on any atom is 0.353 e. The molecule has 72 valence electrons. The Hall–Kier alpha value is -1.68. The molecule has 0 aliphatic rings. The Bertz CT molecular complexity index is 518. The Morgan fingerprint density at radius 1 is 1.43 bits per heavy atom. The van der Waals surface area contributed by atoms with Crippen molar-refractivity contribution in [3.05, 3.63) is 28.9 Å². The fourth-order valence-corrected chi connectivity index (χ4v) is 1.58. The molecule has 0 spiro atoms. The summed E-state index contributed by atoms with van der Waals surface area (Å²) < 4.78 is 0. The molecule has 1 aromatic heterocycles. The first-order valence-corrected chi connectivity index (χ1v) is 4.21. The van der Waals surface area contributed by atoms with Crippen molar-refractivity contribution in [3.8, 4) is 5.75 Å². The lowest BCUT2D eigenvalue weighted by molar-refractivity contribution is 0.0691. The highest BCUT2D eigenvalue weighted by atomic mass is 35.5. The summed E-state index contributed by atoms with van der Waals surface area (Å²) in [6.45, 7) is 0. The van der Waals surface area contributed by atoms with Crippen LogP contribution in [0.5, 0.6) is 5.75 Å². The normalized spacial score (nSPS) is 10.6. The molecule has 0 radical (unpaired) electrons. The van der Waals surface area contributed by atoms with Crippen LogP contribution in [0.25, 0.3) is 10.9 Å². The molecule has 0 unspecified atom stereocenters. The lowest BCUT2D eigenvalue weighted by atomic mass is 10.2. The largest absolute Gasteiger partial charge is 0.508 e. The van der Waals surface area contributed by atoms with Crippen molar-refractivity contribution in [2.75, 3.05) is 0 Å². The highest BCUT2D eigenvalue weighted by molar-refractivity contribution is 6.38. The zero-order valence-corrected chi connectivity index (χ0v) is 7.67. The zero-order chi connectivity index (χ0) is 10.3. The van der Waals surface area contributed by atoms with Gasteiger partial charge in [0.2, 0.25) is 0 Å². The van der Waals surface area contributed by atoms with Gasteiger partial charge in [0.1, 0.15) is 11.4 Å². The number of carbonyl (C=O) groups is 1. The lowest BCUT2D eigenvalue weighted by Crippen LogP contribution is -1.96. The third-order valence-corrected chi connectivity index (χ3v) is 2.33. The summed E-state index contributed by atoms with van der Waals surface area (Å²) in [4.78, 5) is 13.3. The van der Waals surface area contributed by atoms with E-state index in [1.165, 1.54) is 12.1 Å². The molecule has 3 N–H and O–H groups in total. The van der Waals surface area contributed by atoms with Crippen molar-refractivity contribution in [3.63, 3.8) is 0 Å². The topological polar surface area (TPSA) is 73.3 Å². The van der Waals surface area contributed by atoms with Crippen LogP contribution in [-0.2, 0) is 0 Å². The van der Waals surface area contributed by atoms with Crippen LogP contribution < -0.4 is 0 Å². The van der Waals surface area contributed by atoms with Crippen LogP contribution >= 0.6 is 11.6 Å². The van der Waals surface area contributed by atoms with Crippen molar-refractivity contribution < 1.29 is 15.0 Å². The van der Waals surface area contributed by atoms with Gasteiger partial charge in [0.05, 0.1) is 5.02 Å². The van der Waals surface area contributed by atoms with Crippen molar-refractivity contribution in [1.29, 1.82) is 0 Å². The van der Waals surface area contributed by atoms with Crippen molar-refractivity contribution >= 4 is 28.5 Å². The van der Waals surface area contributed by atoms with E-state index in [0.717, 1.165) is 0 Å². The Kier molecular flexibility index (Phi) is 1.86. The number of phenols is 1. The summed E-state index contributed by atoms with van der Waals surface area (Å²) in [6, 6.07) is 4.45. The minimum Gasteiger partial charge on any atom is -0.508 e. The summed E-state index contributed by atoms with van der Waals surface area (Å²) in [5, 5.41) is 18.6. The molecular formula is C9H6ClNO3. The standard InChI is InChI=1S/C9H6ClNO3/c10-7-5-3-4(12)1-2-6(5)11-8(7)9(13)14/h1-3,11-12H,(H,13,14). The first-order chi connectivity index (χ1) is 6.59. The number of H-pyrrole nitrogens is 1. The van der Waals surface area contributed by atoms with Gasteiger partial charge in [-0.1, -0.05) is 11.6 Å². The van der Waals surface area contributed by atoms with Gasteiger partial charge in [-0.3, -0.25) is 0 Å². The van der Waals surface area contributed by atoms with E-state index in [9.17, 15) is 9.90 Å². The van der Waals surface area contributed by atoms with Crippen molar-refractivity contribution in [2.45, 2.75) is 0 Å². The smallest absolute Gasteiger partial charge is 0.353 e. The van der Waals surface area contributed by atoms with E-state index in [0.29, 0.717) is 10.9 Å². The van der Waals surface area contributed by atoms with Gasteiger partial charge in [0.15, 0.2) is 0 Å². The molecule has 0 amide bonds. The molecule has 4 nitrogen and oxygen atoms in total. The van der Waals surface area contributed by atoms with Crippen LogP contribution in [-0.4, -0.2) is 21.2 Å². The second-order valence-corrected chi connectivity index (χ2v) is 3.23. The fourth-order valence-electron chi connectivity index (χ4n) is 1.29. The van der Waals surface area contributed by atoms with E-state index in [4.69, 9.17) is 16.7 Å². The molecular weight excluding hydrogens is 206 g/mol. The molecule has 1 heterocycles. The second kappa shape index (κ2) is 2.92. The van der Waals surface area contributed by atoms with Crippen LogP contribution in [0.3, 0.4) is 0 Å². The lowest BCUT2D eigenvalue weighted by Gasteiger charge is -1.91. The molecule has 0 bridgehead atoms. The van der Waals surface area contributed by atoms with Crippen LogP contribution in [0.1, 0.15) is 10.5 Å². The number of aromatic nitrogens is 1. The molecule has 2 rings (SSSR count). The number of hydrogen-bond donors (Lipinski definition) is 3. The number of aromatic carboxylic acids is 1. The number of halogens is 1. The zero-order valence-electron chi connectivity index (χ0n) is 6.91. The fraction of sp³-hybridized carbons (Fsp3) is 0. The van der Waals surface area contributed by atoms with Gasteiger partial charge >= 0.3 is 5.97 Å². The highest BCUT2D eigenvalue weighted by Crippen LogP contribution is 2.29. The second-order valence-electron chi connectivity index (χ2n) is 2.85. The van der Waals surface area contributed by atoms with Crippen molar-refractivity contribution in [2.24, 2.45) is 0 Å². The molecule has 0 aliphatic carbocycles. The highest BCUT2D eigenvalue weighted by Gasteiger charge is 2.15. The third-order valence-electron chi connectivity index (χ3n) is 1.93. The number of benzene rings is 1. The Balaban J connectivity index is 2.80. The van der Waals surface area contributed by atoms with Crippen LogP contribution in [0.4, 0.5) is 0 Å². The Labute approximate surface area is 83.7 Å². The van der Waals surface area contributed by atoms with Gasteiger partial charge in [-0.25, -0.2) is 4.79 Å². The summed E-state index contributed by atoms with van der Waals surface area (Å²) in [5.41, 5.74) is 0.525. The number of nitrogens with one attached hydrogen (secondary N) is 1. The molecule has 0 atom stereocenters. The number of rotatable bonds is 1. The van der Waals surface area contributed by atoms with Gasteiger partial charge in [0, 0.05) is 10.9 Å². The number of aromatic amines is 1. The third kappa shape index (κ3) is 1.20. The summed E-state index contributed by atoms with van der Waals surface area (Å²) in [7, 11) is 0.